The molecule has 1 aliphatic heterocycles. The summed E-state index contributed by atoms with van der Waals surface area (Å²) in [5.74, 6) is 2.43. The molecule has 1 saturated heterocycles. The van der Waals surface area contributed by atoms with Crippen LogP contribution in [0.5, 0.6) is 17.2 Å². The Kier molecular flexibility index (Phi) is 10.3. The van der Waals surface area contributed by atoms with Crippen LogP contribution in [0.2, 0.25) is 5.02 Å². The quantitative estimate of drug-likeness (QED) is 0.297. The highest BCUT2D eigenvalue weighted by Gasteiger charge is 2.20. The van der Waals surface area contributed by atoms with Gasteiger partial charge in [-0.15, -0.1) is 11.6 Å². The molecule has 206 valence electrons. The Morgan fingerprint density at radius 3 is 2.45 bits per heavy atom. The molecule has 0 spiro atoms. The lowest BCUT2D eigenvalue weighted by Gasteiger charge is -2.27. The summed E-state index contributed by atoms with van der Waals surface area (Å²) >= 11 is 12.2. The molecular formula is C24H29Cl2N5O6S. The lowest BCUT2D eigenvalue weighted by atomic mass is 10.1. The third-order valence-electron chi connectivity index (χ3n) is 5.41. The number of nitrogens with two attached hydrogens (primary N) is 1. The summed E-state index contributed by atoms with van der Waals surface area (Å²) in [6.07, 6.45) is 1.45. The fourth-order valence-electron chi connectivity index (χ4n) is 3.29. The number of rotatable bonds is 7. The van der Waals surface area contributed by atoms with E-state index < -0.39 is 10.1 Å². The first-order chi connectivity index (χ1) is 18.0. The summed E-state index contributed by atoms with van der Waals surface area (Å²) < 4.78 is 46.2. The third-order valence-corrected chi connectivity index (χ3v) is 6.75. The van der Waals surface area contributed by atoms with Crippen LogP contribution in [0.25, 0.3) is 0 Å². The van der Waals surface area contributed by atoms with Gasteiger partial charge in [0.25, 0.3) is 0 Å². The van der Waals surface area contributed by atoms with Crippen molar-refractivity contribution in [3.05, 3.63) is 52.8 Å². The summed E-state index contributed by atoms with van der Waals surface area (Å²) in [6.45, 7) is 6.59. The van der Waals surface area contributed by atoms with Gasteiger partial charge < -0.3 is 24.8 Å². The van der Waals surface area contributed by atoms with Gasteiger partial charge in [0.2, 0.25) is 5.95 Å². The number of alkyl halides is 1. The van der Waals surface area contributed by atoms with Gasteiger partial charge in [0.1, 0.15) is 17.2 Å². The van der Waals surface area contributed by atoms with E-state index >= 15 is 0 Å². The number of benzene rings is 1. The van der Waals surface area contributed by atoms with Crippen molar-refractivity contribution in [3.8, 4) is 17.2 Å². The standard InChI is InChI=1S/C16H18Cl2N4O3.C8H11NO3S/c1-23-10-2-3-11(18)13(8-10)25-14-12(9-17)20-16(21-15(14)19)22-4-6-24-7-5-22;1-6(2)7-3-4-8(9-5-7)13(10,11)12/h2-3,8H,4-7,9H2,1H3,(H2,19,20,21);3-6H,1-2H3,(H,10,11,12). The van der Waals surface area contributed by atoms with E-state index in [-0.39, 0.29) is 16.7 Å². The van der Waals surface area contributed by atoms with Crippen molar-refractivity contribution in [2.45, 2.75) is 30.7 Å². The molecule has 0 unspecified atom stereocenters. The molecule has 0 atom stereocenters. The Morgan fingerprint density at radius 1 is 1.18 bits per heavy atom. The smallest absolute Gasteiger partial charge is 0.312 e. The Morgan fingerprint density at radius 2 is 1.89 bits per heavy atom. The Bertz CT molecular complexity index is 1340. The number of hydrogen-bond donors (Lipinski definition) is 2. The monoisotopic (exact) mass is 585 g/mol. The second-order valence-electron chi connectivity index (χ2n) is 8.38. The Balaban J connectivity index is 0.000000260. The van der Waals surface area contributed by atoms with Gasteiger partial charge in [0, 0.05) is 25.4 Å². The molecule has 0 bridgehead atoms. The molecule has 11 nitrogen and oxygen atoms in total. The molecule has 1 fully saturated rings. The van der Waals surface area contributed by atoms with Gasteiger partial charge in [-0.25, -0.2) is 9.97 Å². The van der Waals surface area contributed by atoms with Crippen LogP contribution in [0.4, 0.5) is 11.8 Å². The first kappa shape index (κ1) is 29.7. The molecule has 2 aromatic heterocycles. The van der Waals surface area contributed by atoms with Crippen LogP contribution in [0.1, 0.15) is 31.0 Å². The molecule has 0 aliphatic carbocycles. The largest absolute Gasteiger partial charge is 0.497 e. The molecule has 1 aromatic carbocycles. The van der Waals surface area contributed by atoms with Gasteiger partial charge in [-0.1, -0.05) is 31.5 Å². The minimum Gasteiger partial charge on any atom is -0.497 e. The number of morpholine rings is 1. The SMILES string of the molecule is CC(C)c1ccc(S(=O)(=O)O)nc1.COc1ccc(Cl)c(Oc2c(N)nc(N3CCOCC3)nc2CCl)c1. The number of pyridine rings is 1. The third kappa shape index (κ3) is 7.81. The van der Waals surface area contributed by atoms with Crippen LogP contribution in [0.3, 0.4) is 0 Å². The van der Waals surface area contributed by atoms with Gasteiger partial charge >= 0.3 is 10.1 Å². The first-order valence-corrected chi connectivity index (χ1v) is 13.9. The molecule has 4 rings (SSSR count). The molecule has 3 aromatic rings. The van der Waals surface area contributed by atoms with Gasteiger partial charge in [-0.3, -0.25) is 4.55 Å². The topological polar surface area (TPSA) is 150 Å². The summed E-state index contributed by atoms with van der Waals surface area (Å²) in [5, 5.41) is 0.106. The highest BCUT2D eigenvalue weighted by molar-refractivity contribution is 7.85. The summed E-state index contributed by atoms with van der Waals surface area (Å²) in [5.41, 5.74) is 7.54. The van der Waals surface area contributed by atoms with Crippen LogP contribution in [0, 0.1) is 0 Å². The molecular weight excluding hydrogens is 557 g/mol. The van der Waals surface area contributed by atoms with Crippen LogP contribution in [0.15, 0.2) is 41.6 Å². The Labute approximate surface area is 231 Å². The van der Waals surface area contributed by atoms with Crippen LogP contribution in [-0.2, 0) is 20.7 Å². The highest BCUT2D eigenvalue weighted by atomic mass is 35.5. The van der Waals surface area contributed by atoms with Crippen molar-refractivity contribution in [2.75, 3.05) is 44.0 Å². The van der Waals surface area contributed by atoms with Gasteiger partial charge in [0.05, 0.1) is 31.2 Å². The van der Waals surface area contributed by atoms with Crippen molar-refractivity contribution >= 4 is 45.1 Å². The average Bonchev–Trinajstić information content (AvgIpc) is 2.91. The zero-order chi connectivity index (χ0) is 27.9. The lowest BCUT2D eigenvalue weighted by Crippen LogP contribution is -2.37. The number of nitrogen functional groups attached to an aromatic ring is 1. The molecule has 38 heavy (non-hydrogen) atoms. The number of ether oxygens (including phenoxy) is 3. The number of nitrogens with zero attached hydrogens (tertiary/aromatic N) is 4. The summed E-state index contributed by atoms with van der Waals surface area (Å²) in [6, 6.07) is 8.01. The summed E-state index contributed by atoms with van der Waals surface area (Å²) in [7, 11) is -2.60. The van der Waals surface area contributed by atoms with E-state index in [1.807, 2.05) is 18.7 Å². The predicted molar refractivity (Wildman–Crippen MR) is 145 cm³/mol. The molecule has 1 aliphatic rings. The van der Waals surface area contributed by atoms with Crippen LogP contribution >= 0.6 is 23.2 Å². The van der Waals surface area contributed by atoms with Crippen molar-refractivity contribution in [1.29, 1.82) is 0 Å². The number of methoxy groups -OCH3 is 1. The number of hydrogen-bond acceptors (Lipinski definition) is 10. The number of anilines is 2. The van der Waals surface area contributed by atoms with E-state index in [0.717, 1.165) is 5.56 Å². The lowest BCUT2D eigenvalue weighted by molar-refractivity contribution is 0.122. The normalized spacial score (nSPS) is 13.6. The second kappa shape index (κ2) is 13.3. The molecule has 0 radical (unpaired) electrons. The first-order valence-electron chi connectivity index (χ1n) is 11.5. The Hall–Kier alpha value is -2.90. The zero-order valence-electron chi connectivity index (χ0n) is 21.1. The maximum atomic E-state index is 10.6. The van der Waals surface area contributed by atoms with Gasteiger partial charge in [-0.2, -0.15) is 13.4 Å². The zero-order valence-corrected chi connectivity index (χ0v) is 23.4. The van der Waals surface area contributed by atoms with Crippen LogP contribution in [-0.4, -0.2) is 61.3 Å². The van der Waals surface area contributed by atoms with Gasteiger partial charge in [-0.05, 0) is 29.7 Å². The van der Waals surface area contributed by atoms with E-state index in [0.29, 0.717) is 66.1 Å². The van der Waals surface area contributed by atoms with E-state index in [1.165, 1.54) is 12.3 Å². The minimum absolute atomic E-state index is 0.126. The van der Waals surface area contributed by atoms with E-state index in [9.17, 15) is 8.42 Å². The average molecular weight is 586 g/mol. The van der Waals surface area contributed by atoms with E-state index in [2.05, 4.69) is 15.0 Å². The highest BCUT2D eigenvalue weighted by Crippen LogP contribution is 2.37. The molecule has 14 heteroatoms. The van der Waals surface area contributed by atoms with Crippen LogP contribution < -0.4 is 20.1 Å². The number of halogens is 2. The predicted octanol–water partition coefficient (Wildman–Crippen LogP) is 4.54. The van der Waals surface area contributed by atoms with Crippen molar-refractivity contribution in [2.24, 2.45) is 0 Å². The molecule has 3 heterocycles. The fraction of sp³-hybridized carbons (Fsp3) is 0.375. The molecule has 3 N–H and O–H groups in total. The van der Waals surface area contributed by atoms with E-state index in [4.69, 9.17) is 47.7 Å². The molecule has 0 saturated carbocycles. The number of aromatic nitrogens is 3. The van der Waals surface area contributed by atoms with Crippen molar-refractivity contribution < 1.29 is 27.2 Å². The van der Waals surface area contributed by atoms with Gasteiger partial charge in [0.15, 0.2) is 16.6 Å². The second-order valence-corrected chi connectivity index (χ2v) is 10.4. The maximum Gasteiger partial charge on any atom is 0.312 e. The van der Waals surface area contributed by atoms with Crippen molar-refractivity contribution in [1.82, 2.24) is 15.0 Å². The molecule has 0 amide bonds. The van der Waals surface area contributed by atoms with Crippen molar-refractivity contribution in [3.63, 3.8) is 0 Å². The minimum atomic E-state index is -4.16. The maximum absolute atomic E-state index is 10.6. The summed E-state index contributed by atoms with van der Waals surface area (Å²) in [4.78, 5) is 14.5. The fourth-order valence-corrected chi connectivity index (χ4v) is 4.06. The van der Waals surface area contributed by atoms with E-state index in [1.54, 1.807) is 31.4 Å².